The summed E-state index contributed by atoms with van der Waals surface area (Å²) >= 11 is 0. The van der Waals surface area contributed by atoms with Gasteiger partial charge in [0.05, 0.1) is 0 Å². The number of rotatable bonds is 7. The first kappa shape index (κ1) is 11.0. The van der Waals surface area contributed by atoms with Gasteiger partial charge in [-0.3, -0.25) is 4.79 Å². The minimum atomic E-state index is 0.338. The lowest BCUT2D eigenvalue weighted by Gasteiger charge is -1.95. The van der Waals surface area contributed by atoms with Gasteiger partial charge in [0.1, 0.15) is 18.1 Å². The second kappa shape index (κ2) is 6.41. The Hall–Kier alpha value is -1.05. The fourth-order valence-corrected chi connectivity index (χ4v) is 1.19. The molecule has 0 radical (unpaired) electrons. The van der Waals surface area contributed by atoms with E-state index in [0.29, 0.717) is 12.2 Å². The summed E-state index contributed by atoms with van der Waals surface area (Å²) in [6.45, 7) is 2.90. The monoisotopic (exact) mass is 194 g/mol. The predicted octanol–water partition coefficient (Wildman–Crippen LogP) is 3.00. The zero-order valence-corrected chi connectivity index (χ0v) is 8.79. The van der Waals surface area contributed by atoms with Gasteiger partial charge < -0.3 is 4.74 Å². The molecule has 0 aromatic rings. The molecule has 0 aromatic carbocycles. The maximum absolute atomic E-state index is 11.3. The molecular weight excluding hydrogens is 176 g/mol. The SMILES string of the molecule is CCCCCC(=O)C/C=C/C=C1\CO1. The van der Waals surface area contributed by atoms with Gasteiger partial charge in [-0.25, -0.2) is 0 Å². The lowest BCUT2D eigenvalue weighted by Crippen LogP contribution is -1.94. The Labute approximate surface area is 85.6 Å². The normalized spacial score (nSPS) is 17.4. The summed E-state index contributed by atoms with van der Waals surface area (Å²) in [6, 6.07) is 0. The highest BCUT2D eigenvalue weighted by molar-refractivity contribution is 5.79. The van der Waals surface area contributed by atoms with Crippen molar-refractivity contribution in [3.8, 4) is 0 Å². The molecule has 0 saturated carbocycles. The maximum atomic E-state index is 11.3. The Morgan fingerprint density at radius 3 is 2.93 bits per heavy atom. The zero-order valence-electron chi connectivity index (χ0n) is 8.79. The fourth-order valence-electron chi connectivity index (χ4n) is 1.19. The summed E-state index contributed by atoms with van der Waals surface area (Å²) in [6.07, 6.45) is 10.4. The third-order valence-corrected chi connectivity index (χ3v) is 2.13. The van der Waals surface area contributed by atoms with Crippen molar-refractivity contribution in [3.05, 3.63) is 24.0 Å². The second-order valence-electron chi connectivity index (χ2n) is 3.55. The summed E-state index contributed by atoms with van der Waals surface area (Å²) in [5.41, 5.74) is 0. The largest absolute Gasteiger partial charge is 0.486 e. The van der Waals surface area contributed by atoms with Gasteiger partial charge in [-0.1, -0.05) is 31.9 Å². The van der Waals surface area contributed by atoms with Crippen LogP contribution in [0.2, 0.25) is 0 Å². The molecule has 2 heteroatoms. The number of ketones is 1. The van der Waals surface area contributed by atoms with Crippen molar-refractivity contribution in [1.29, 1.82) is 0 Å². The molecule has 0 spiro atoms. The summed E-state index contributed by atoms with van der Waals surface area (Å²) in [7, 11) is 0. The van der Waals surface area contributed by atoms with Crippen molar-refractivity contribution < 1.29 is 9.53 Å². The van der Waals surface area contributed by atoms with E-state index < -0.39 is 0 Å². The fraction of sp³-hybridized carbons (Fsp3) is 0.583. The van der Waals surface area contributed by atoms with Crippen LogP contribution in [0.1, 0.15) is 39.0 Å². The van der Waals surface area contributed by atoms with Crippen LogP contribution in [0.3, 0.4) is 0 Å². The molecule has 1 aliphatic rings. The highest BCUT2D eigenvalue weighted by Gasteiger charge is 2.09. The van der Waals surface area contributed by atoms with E-state index in [9.17, 15) is 4.79 Å². The average molecular weight is 194 g/mol. The number of allylic oxidation sites excluding steroid dienone is 3. The molecule has 2 nitrogen and oxygen atoms in total. The summed E-state index contributed by atoms with van der Waals surface area (Å²) in [5, 5.41) is 0. The Bertz CT molecular complexity index is 233. The van der Waals surface area contributed by atoms with Crippen LogP contribution < -0.4 is 0 Å². The average Bonchev–Trinajstić information content (AvgIpc) is 2.97. The molecule has 1 heterocycles. The number of hydrogen-bond acceptors (Lipinski definition) is 2. The smallest absolute Gasteiger partial charge is 0.145 e. The van der Waals surface area contributed by atoms with Crippen LogP contribution in [0.15, 0.2) is 24.0 Å². The number of hydrogen-bond donors (Lipinski definition) is 0. The zero-order chi connectivity index (χ0) is 10.2. The number of ether oxygens (including phenoxy) is 1. The highest BCUT2D eigenvalue weighted by Crippen LogP contribution is 2.13. The molecule has 1 fully saturated rings. The lowest BCUT2D eigenvalue weighted by atomic mass is 10.1. The van der Waals surface area contributed by atoms with Crippen molar-refractivity contribution in [2.45, 2.75) is 39.0 Å². The standard InChI is InChI=1S/C12H18O2/c1-2-3-4-7-11(13)8-5-6-9-12-10-14-12/h5-6,9H,2-4,7-8,10H2,1H3/b6-5+,12-9+. The van der Waals surface area contributed by atoms with E-state index in [0.717, 1.165) is 31.6 Å². The minimum Gasteiger partial charge on any atom is -0.486 e. The van der Waals surface area contributed by atoms with Crippen LogP contribution in [0.4, 0.5) is 0 Å². The molecule has 0 N–H and O–H groups in total. The van der Waals surface area contributed by atoms with Gasteiger partial charge in [0.2, 0.25) is 0 Å². The topological polar surface area (TPSA) is 29.6 Å². The van der Waals surface area contributed by atoms with E-state index >= 15 is 0 Å². The molecule has 0 unspecified atom stereocenters. The Balaban J connectivity index is 2.01. The number of carbonyl (C=O) groups excluding carboxylic acids is 1. The van der Waals surface area contributed by atoms with E-state index in [2.05, 4.69) is 6.92 Å². The van der Waals surface area contributed by atoms with Gasteiger partial charge in [0.25, 0.3) is 0 Å². The Morgan fingerprint density at radius 2 is 2.29 bits per heavy atom. The van der Waals surface area contributed by atoms with Crippen LogP contribution >= 0.6 is 0 Å². The summed E-state index contributed by atoms with van der Waals surface area (Å²) in [5.74, 6) is 1.35. The van der Waals surface area contributed by atoms with Crippen LogP contribution in [-0.2, 0) is 9.53 Å². The molecule has 1 saturated heterocycles. The molecule has 0 aromatic heterocycles. The van der Waals surface area contributed by atoms with Crippen molar-refractivity contribution in [2.75, 3.05) is 6.61 Å². The number of epoxide rings is 1. The van der Waals surface area contributed by atoms with Crippen LogP contribution in [0.5, 0.6) is 0 Å². The molecule has 0 aliphatic carbocycles. The number of Topliss-reactive ketones (excluding diaryl/α,β-unsaturated/α-hetero) is 1. The summed E-state index contributed by atoms with van der Waals surface area (Å²) in [4.78, 5) is 11.3. The quantitative estimate of drug-likeness (QED) is 0.460. The first-order valence-electron chi connectivity index (χ1n) is 5.33. The molecule has 1 rings (SSSR count). The van der Waals surface area contributed by atoms with E-state index in [1.165, 1.54) is 6.42 Å². The van der Waals surface area contributed by atoms with Gasteiger partial charge >= 0.3 is 0 Å². The van der Waals surface area contributed by atoms with E-state index in [4.69, 9.17) is 4.74 Å². The Kier molecular flexibility index (Phi) is 5.05. The molecule has 0 atom stereocenters. The lowest BCUT2D eigenvalue weighted by molar-refractivity contribution is -0.118. The maximum Gasteiger partial charge on any atom is 0.145 e. The second-order valence-corrected chi connectivity index (χ2v) is 3.55. The third-order valence-electron chi connectivity index (χ3n) is 2.13. The highest BCUT2D eigenvalue weighted by atomic mass is 16.6. The molecule has 0 amide bonds. The molecule has 14 heavy (non-hydrogen) atoms. The van der Waals surface area contributed by atoms with Gasteiger partial charge in [0.15, 0.2) is 0 Å². The van der Waals surface area contributed by atoms with Gasteiger partial charge in [-0.2, -0.15) is 0 Å². The van der Waals surface area contributed by atoms with Crippen LogP contribution in [0.25, 0.3) is 0 Å². The van der Waals surface area contributed by atoms with Crippen molar-refractivity contribution >= 4 is 5.78 Å². The molecule has 1 aliphatic heterocycles. The van der Waals surface area contributed by atoms with E-state index in [1.807, 2.05) is 18.2 Å². The van der Waals surface area contributed by atoms with E-state index in [-0.39, 0.29) is 0 Å². The predicted molar refractivity (Wildman–Crippen MR) is 56.9 cm³/mol. The number of carbonyl (C=O) groups is 1. The summed E-state index contributed by atoms with van der Waals surface area (Å²) < 4.78 is 4.92. The van der Waals surface area contributed by atoms with Crippen LogP contribution in [-0.4, -0.2) is 12.4 Å². The van der Waals surface area contributed by atoms with Gasteiger partial charge in [-0.05, 0) is 12.5 Å². The van der Waals surface area contributed by atoms with E-state index in [1.54, 1.807) is 0 Å². The minimum absolute atomic E-state index is 0.338. The van der Waals surface area contributed by atoms with Crippen molar-refractivity contribution in [3.63, 3.8) is 0 Å². The third kappa shape index (κ3) is 5.57. The molecular formula is C12H18O2. The van der Waals surface area contributed by atoms with Crippen molar-refractivity contribution in [1.82, 2.24) is 0 Å². The van der Waals surface area contributed by atoms with Crippen LogP contribution in [0, 0.1) is 0 Å². The first-order valence-corrected chi connectivity index (χ1v) is 5.33. The van der Waals surface area contributed by atoms with Gasteiger partial charge in [-0.15, -0.1) is 0 Å². The Morgan fingerprint density at radius 1 is 1.50 bits per heavy atom. The van der Waals surface area contributed by atoms with Crippen molar-refractivity contribution in [2.24, 2.45) is 0 Å². The van der Waals surface area contributed by atoms with Gasteiger partial charge in [0, 0.05) is 12.8 Å². The first-order chi connectivity index (χ1) is 6.83. The molecule has 78 valence electrons. The molecule has 0 bridgehead atoms. The number of unbranched alkanes of at least 4 members (excludes halogenated alkanes) is 2.